The fourth-order valence-electron chi connectivity index (χ4n) is 1.96. The van der Waals surface area contributed by atoms with Gasteiger partial charge in [0, 0.05) is 12.8 Å². The van der Waals surface area contributed by atoms with E-state index in [4.69, 9.17) is 5.26 Å². The number of nitrogens with zero attached hydrogens (tertiary/aromatic N) is 1. The lowest BCUT2D eigenvalue weighted by atomic mass is 9.89. The normalized spacial score (nSPS) is 12.1. The summed E-state index contributed by atoms with van der Waals surface area (Å²) in [5, 5.41) is 12.2. The molecule has 0 aromatic heterocycles. The third kappa shape index (κ3) is 6.74. The first kappa shape index (κ1) is 17.7. The number of rotatable bonds is 8. The van der Waals surface area contributed by atoms with E-state index < -0.39 is 9.84 Å². The lowest BCUT2D eigenvalue weighted by molar-refractivity contribution is 0.422. The van der Waals surface area contributed by atoms with E-state index in [-0.39, 0.29) is 5.41 Å². The summed E-state index contributed by atoms with van der Waals surface area (Å²) in [7, 11) is -3.12. The smallest absolute Gasteiger partial charge is 0.175 e. The summed E-state index contributed by atoms with van der Waals surface area (Å²) in [5.41, 5.74) is 0.835. The van der Waals surface area contributed by atoms with Crippen molar-refractivity contribution in [1.29, 1.82) is 5.26 Å². The van der Waals surface area contributed by atoms with Crippen molar-refractivity contribution < 1.29 is 8.42 Å². The van der Waals surface area contributed by atoms with Crippen LogP contribution < -0.4 is 5.32 Å². The Balaban J connectivity index is 2.27. The van der Waals surface area contributed by atoms with Crippen LogP contribution in [-0.4, -0.2) is 21.2 Å². The van der Waals surface area contributed by atoms with Crippen molar-refractivity contribution >= 4 is 9.84 Å². The number of hydrogen-bond donors (Lipinski definition) is 1. The predicted octanol–water partition coefficient (Wildman–Crippen LogP) is 2.90. The maximum absolute atomic E-state index is 11.3. The molecule has 116 valence electrons. The minimum Gasteiger partial charge on any atom is -0.313 e. The highest BCUT2D eigenvalue weighted by molar-refractivity contribution is 7.90. The van der Waals surface area contributed by atoms with Crippen LogP contribution in [0.25, 0.3) is 0 Å². The fourth-order valence-corrected chi connectivity index (χ4v) is 2.59. The quantitative estimate of drug-likeness (QED) is 0.750. The van der Waals surface area contributed by atoms with Gasteiger partial charge in [0.2, 0.25) is 0 Å². The molecule has 1 N–H and O–H groups in total. The number of unbranched alkanes of at least 4 members (excludes halogenated alkanes) is 1. The van der Waals surface area contributed by atoms with Crippen molar-refractivity contribution in [2.45, 2.75) is 44.6 Å². The van der Waals surface area contributed by atoms with Gasteiger partial charge in [0.15, 0.2) is 9.84 Å². The summed E-state index contributed by atoms with van der Waals surface area (Å²) in [4.78, 5) is 0.352. The Kier molecular flexibility index (Phi) is 6.38. The predicted molar refractivity (Wildman–Crippen MR) is 84.5 cm³/mol. The molecule has 0 heterocycles. The molecule has 0 saturated carbocycles. The molecule has 0 radical (unpaired) electrons. The summed E-state index contributed by atoms with van der Waals surface area (Å²) < 4.78 is 22.7. The highest BCUT2D eigenvalue weighted by Crippen LogP contribution is 2.21. The second kappa shape index (κ2) is 7.58. The van der Waals surface area contributed by atoms with Crippen molar-refractivity contribution in [3.8, 4) is 6.07 Å². The van der Waals surface area contributed by atoms with Gasteiger partial charge in [-0.2, -0.15) is 5.26 Å². The van der Waals surface area contributed by atoms with E-state index in [1.807, 2.05) is 26.0 Å². The van der Waals surface area contributed by atoms with Gasteiger partial charge in [-0.25, -0.2) is 8.42 Å². The monoisotopic (exact) mass is 308 g/mol. The van der Waals surface area contributed by atoms with E-state index in [9.17, 15) is 8.42 Å². The minimum absolute atomic E-state index is 0.235. The minimum atomic E-state index is -3.12. The molecule has 1 aromatic rings. The van der Waals surface area contributed by atoms with Crippen molar-refractivity contribution in [2.75, 3.05) is 12.8 Å². The van der Waals surface area contributed by atoms with Crippen LogP contribution >= 0.6 is 0 Å². The molecule has 0 saturated heterocycles. The molecule has 5 heteroatoms. The molecule has 1 aromatic carbocycles. The van der Waals surface area contributed by atoms with Crippen LogP contribution in [0.3, 0.4) is 0 Å². The van der Waals surface area contributed by atoms with E-state index in [1.165, 1.54) is 6.26 Å². The van der Waals surface area contributed by atoms with Crippen LogP contribution in [0.5, 0.6) is 0 Å². The summed E-state index contributed by atoms with van der Waals surface area (Å²) in [6, 6.07) is 9.26. The molecule has 21 heavy (non-hydrogen) atoms. The first-order valence-corrected chi connectivity index (χ1v) is 9.05. The average molecular weight is 308 g/mol. The van der Waals surface area contributed by atoms with Crippen molar-refractivity contribution in [1.82, 2.24) is 5.32 Å². The van der Waals surface area contributed by atoms with Gasteiger partial charge in [-0.3, -0.25) is 0 Å². The molecular formula is C16H24N2O2S. The van der Waals surface area contributed by atoms with Crippen molar-refractivity contribution in [3.05, 3.63) is 29.8 Å². The second-order valence-electron chi connectivity index (χ2n) is 6.05. The molecule has 0 bridgehead atoms. The van der Waals surface area contributed by atoms with Crippen LogP contribution in [0.15, 0.2) is 29.2 Å². The number of benzene rings is 1. The summed E-state index contributed by atoms with van der Waals surface area (Å²) in [6.07, 6.45) is 4.18. The summed E-state index contributed by atoms with van der Waals surface area (Å²) >= 11 is 0. The Bertz CT molecular complexity index is 584. The van der Waals surface area contributed by atoms with Crippen LogP contribution in [0.2, 0.25) is 0 Å². The second-order valence-corrected chi connectivity index (χ2v) is 8.06. The third-order valence-corrected chi connectivity index (χ3v) is 4.52. The van der Waals surface area contributed by atoms with Gasteiger partial charge in [0.1, 0.15) is 0 Å². The van der Waals surface area contributed by atoms with Crippen LogP contribution in [0.4, 0.5) is 0 Å². The maximum Gasteiger partial charge on any atom is 0.175 e. The van der Waals surface area contributed by atoms with E-state index >= 15 is 0 Å². The van der Waals surface area contributed by atoms with Crippen molar-refractivity contribution in [3.63, 3.8) is 0 Å². The zero-order chi connectivity index (χ0) is 15.9. The van der Waals surface area contributed by atoms with E-state index in [1.54, 1.807) is 12.1 Å². The maximum atomic E-state index is 11.3. The zero-order valence-electron chi connectivity index (χ0n) is 13.0. The van der Waals surface area contributed by atoms with Gasteiger partial charge in [-0.05, 0) is 50.9 Å². The molecule has 0 aliphatic heterocycles. The largest absolute Gasteiger partial charge is 0.313 e. The van der Waals surface area contributed by atoms with E-state index in [0.29, 0.717) is 4.90 Å². The van der Waals surface area contributed by atoms with Gasteiger partial charge in [-0.15, -0.1) is 0 Å². The average Bonchev–Trinajstić information content (AvgIpc) is 2.42. The molecular weight excluding hydrogens is 284 g/mol. The number of nitriles is 1. The van der Waals surface area contributed by atoms with Gasteiger partial charge >= 0.3 is 0 Å². The lowest BCUT2D eigenvalue weighted by Crippen LogP contribution is -2.16. The number of nitrogens with one attached hydrogen (secondary N) is 1. The zero-order valence-corrected chi connectivity index (χ0v) is 13.8. The number of hydrogen-bond acceptors (Lipinski definition) is 4. The van der Waals surface area contributed by atoms with Crippen LogP contribution in [-0.2, 0) is 16.4 Å². The molecule has 4 nitrogen and oxygen atoms in total. The number of sulfone groups is 1. The summed E-state index contributed by atoms with van der Waals surface area (Å²) in [5.74, 6) is 0. The topological polar surface area (TPSA) is 70.0 Å². The molecule has 0 spiro atoms. The standard InChI is InChI=1S/C16H24N2O2S/c1-16(2,13-17)10-4-5-11-18-12-14-6-8-15(9-7-14)21(3,19)20/h6-9,18H,4-5,10-12H2,1-3H3. The Labute approximate surface area is 128 Å². The Hall–Kier alpha value is -1.38. The fraction of sp³-hybridized carbons (Fsp3) is 0.562. The van der Waals surface area contributed by atoms with Crippen LogP contribution in [0, 0.1) is 16.7 Å². The van der Waals surface area contributed by atoms with Gasteiger partial charge < -0.3 is 5.32 Å². The van der Waals surface area contributed by atoms with E-state index in [0.717, 1.165) is 37.9 Å². The first-order chi connectivity index (χ1) is 9.74. The molecule has 0 unspecified atom stereocenters. The molecule has 0 aliphatic rings. The highest BCUT2D eigenvalue weighted by Gasteiger charge is 2.15. The molecule has 0 amide bonds. The lowest BCUT2D eigenvalue weighted by Gasteiger charge is -2.14. The Morgan fingerprint density at radius 1 is 1.19 bits per heavy atom. The van der Waals surface area contributed by atoms with Crippen molar-refractivity contribution in [2.24, 2.45) is 5.41 Å². The van der Waals surface area contributed by atoms with Gasteiger partial charge in [0.25, 0.3) is 0 Å². The highest BCUT2D eigenvalue weighted by atomic mass is 32.2. The first-order valence-electron chi connectivity index (χ1n) is 7.15. The molecule has 0 aliphatic carbocycles. The van der Waals surface area contributed by atoms with Crippen LogP contribution in [0.1, 0.15) is 38.7 Å². The van der Waals surface area contributed by atoms with Gasteiger partial charge in [-0.1, -0.05) is 18.6 Å². The summed E-state index contributed by atoms with van der Waals surface area (Å²) in [6.45, 7) is 5.55. The SMILES string of the molecule is CC(C)(C#N)CCCCNCc1ccc(S(C)(=O)=O)cc1. The van der Waals surface area contributed by atoms with E-state index in [2.05, 4.69) is 11.4 Å². The Morgan fingerprint density at radius 3 is 2.33 bits per heavy atom. The third-order valence-electron chi connectivity index (χ3n) is 3.39. The molecule has 0 atom stereocenters. The molecule has 1 rings (SSSR count). The van der Waals surface area contributed by atoms with Gasteiger partial charge in [0.05, 0.1) is 16.4 Å². The molecule has 0 fully saturated rings. The Morgan fingerprint density at radius 2 is 1.81 bits per heavy atom.